The number of nitrogens with one attached hydrogen (secondary N) is 1. The molecule has 3 aromatic carbocycles. The number of amides is 1. The average molecular weight is 371 g/mol. The first-order valence-corrected chi connectivity index (χ1v) is 9.01. The van der Waals surface area contributed by atoms with Gasteiger partial charge in [0.15, 0.2) is 6.61 Å². The zero-order chi connectivity index (χ0) is 19.6. The van der Waals surface area contributed by atoms with Crippen molar-refractivity contribution in [2.45, 2.75) is 6.04 Å². The fraction of sp³-hybridized carbons (Fsp3) is 0.0833. The van der Waals surface area contributed by atoms with Gasteiger partial charge in [0.2, 0.25) is 0 Å². The molecule has 0 fully saturated rings. The van der Waals surface area contributed by atoms with Crippen LogP contribution in [0.2, 0.25) is 0 Å². The molecular formula is C24H21NO3. The van der Waals surface area contributed by atoms with Crippen molar-refractivity contribution in [3.05, 3.63) is 114 Å². The van der Waals surface area contributed by atoms with E-state index in [4.69, 9.17) is 4.74 Å². The molecule has 28 heavy (non-hydrogen) atoms. The molecule has 0 aliphatic rings. The maximum absolute atomic E-state index is 12.4. The Morgan fingerprint density at radius 1 is 0.786 bits per heavy atom. The van der Waals surface area contributed by atoms with Gasteiger partial charge in [0.25, 0.3) is 5.91 Å². The normalized spacial score (nSPS) is 10.8. The molecule has 0 heterocycles. The third-order valence-electron chi connectivity index (χ3n) is 4.13. The molecule has 0 saturated carbocycles. The first-order valence-electron chi connectivity index (χ1n) is 9.01. The van der Waals surface area contributed by atoms with E-state index >= 15 is 0 Å². The highest BCUT2D eigenvalue weighted by atomic mass is 16.5. The summed E-state index contributed by atoms with van der Waals surface area (Å²) < 4.78 is 5.06. The largest absolute Gasteiger partial charge is 0.452 e. The van der Waals surface area contributed by atoms with Crippen LogP contribution in [-0.4, -0.2) is 18.5 Å². The number of rotatable bonds is 7. The summed E-state index contributed by atoms with van der Waals surface area (Å²) in [6, 6.07) is 28.4. The number of hydrogen-bond donors (Lipinski definition) is 1. The van der Waals surface area contributed by atoms with Crippen molar-refractivity contribution in [2.24, 2.45) is 0 Å². The summed E-state index contributed by atoms with van der Waals surface area (Å²) in [6.07, 6.45) is 2.96. The lowest BCUT2D eigenvalue weighted by molar-refractivity contribution is -0.143. The predicted molar refractivity (Wildman–Crippen MR) is 109 cm³/mol. The molecule has 0 aliphatic carbocycles. The zero-order valence-corrected chi connectivity index (χ0v) is 15.3. The maximum Gasteiger partial charge on any atom is 0.331 e. The lowest BCUT2D eigenvalue weighted by Gasteiger charge is -2.19. The van der Waals surface area contributed by atoms with Gasteiger partial charge in [-0.1, -0.05) is 91.0 Å². The highest BCUT2D eigenvalue weighted by Gasteiger charge is 2.17. The summed E-state index contributed by atoms with van der Waals surface area (Å²) in [6.45, 7) is -0.339. The zero-order valence-electron chi connectivity index (χ0n) is 15.3. The van der Waals surface area contributed by atoms with Gasteiger partial charge in [0.1, 0.15) is 0 Å². The SMILES string of the molecule is O=C(COC(=O)/C=C/c1ccccc1)NC(c1ccccc1)c1ccccc1. The molecule has 140 valence electrons. The highest BCUT2D eigenvalue weighted by Crippen LogP contribution is 2.21. The molecule has 1 amide bonds. The Hall–Kier alpha value is -3.66. The second kappa shape index (κ2) is 9.88. The Morgan fingerprint density at radius 3 is 1.82 bits per heavy atom. The molecular weight excluding hydrogens is 350 g/mol. The third kappa shape index (κ3) is 5.68. The van der Waals surface area contributed by atoms with Crippen molar-refractivity contribution in [1.82, 2.24) is 5.32 Å². The Kier molecular flexibility index (Phi) is 6.74. The van der Waals surface area contributed by atoms with Crippen molar-refractivity contribution in [3.63, 3.8) is 0 Å². The minimum Gasteiger partial charge on any atom is -0.452 e. The number of benzene rings is 3. The Balaban J connectivity index is 1.60. The molecule has 3 rings (SSSR count). The van der Waals surface area contributed by atoms with Crippen LogP contribution in [0.5, 0.6) is 0 Å². The van der Waals surface area contributed by atoms with E-state index in [0.717, 1.165) is 16.7 Å². The van der Waals surface area contributed by atoms with Crippen LogP contribution >= 0.6 is 0 Å². The molecule has 3 aromatic rings. The number of carbonyl (C=O) groups is 2. The van der Waals surface area contributed by atoms with Gasteiger partial charge in [-0.15, -0.1) is 0 Å². The van der Waals surface area contributed by atoms with Gasteiger partial charge in [-0.25, -0.2) is 4.79 Å². The van der Waals surface area contributed by atoms with Gasteiger partial charge in [-0.05, 0) is 22.8 Å². The van der Waals surface area contributed by atoms with E-state index in [9.17, 15) is 9.59 Å². The summed E-state index contributed by atoms with van der Waals surface area (Å²) in [5, 5.41) is 2.94. The van der Waals surface area contributed by atoms with E-state index in [1.54, 1.807) is 6.08 Å². The van der Waals surface area contributed by atoms with Gasteiger partial charge < -0.3 is 10.1 Å². The smallest absolute Gasteiger partial charge is 0.331 e. The molecule has 0 aliphatic heterocycles. The van der Waals surface area contributed by atoms with Crippen LogP contribution in [0.15, 0.2) is 97.1 Å². The highest BCUT2D eigenvalue weighted by molar-refractivity contribution is 5.89. The van der Waals surface area contributed by atoms with Gasteiger partial charge >= 0.3 is 5.97 Å². The summed E-state index contributed by atoms with van der Waals surface area (Å²) >= 11 is 0. The lowest BCUT2D eigenvalue weighted by Crippen LogP contribution is -2.32. The minimum atomic E-state index is -0.560. The van der Waals surface area contributed by atoms with E-state index in [-0.39, 0.29) is 18.6 Å². The maximum atomic E-state index is 12.4. The lowest BCUT2D eigenvalue weighted by atomic mass is 9.99. The summed E-state index contributed by atoms with van der Waals surface area (Å²) in [4.78, 5) is 24.2. The van der Waals surface area contributed by atoms with Crippen molar-refractivity contribution >= 4 is 18.0 Å². The standard InChI is InChI=1S/C24H21NO3/c26-22(18-28-23(27)17-16-19-10-4-1-5-11-19)25-24(20-12-6-2-7-13-20)21-14-8-3-9-15-21/h1-17,24H,18H2,(H,25,26)/b17-16+. The first-order chi connectivity index (χ1) is 13.7. The van der Waals surface area contributed by atoms with Crippen molar-refractivity contribution in [1.29, 1.82) is 0 Å². The molecule has 4 heteroatoms. The minimum absolute atomic E-state index is 0.312. The quantitative estimate of drug-likeness (QED) is 0.501. The molecule has 0 bridgehead atoms. The molecule has 0 saturated heterocycles. The number of carbonyl (C=O) groups excluding carboxylic acids is 2. The van der Waals surface area contributed by atoms with Crippen LogP contribution in [0.25, 0.3) is 6.08 Å². The monoisotopic (exact) mass is 371 g/mol. The fourth-order valence-electron chi connectivity index (χ4n) is 2.77. The molecule has 0 unspecified atom stereocenters. The van der Waals surface area contributed by atoms with E-state index < -0.39 is 5.97 Å². The second-order valence-electron chi connectivity index (χ2n) is 6.17. The van der Waals surface area contributed by atoms with Crippen molar-refractivity contribution in [2.75, 3.05) is 6.61 Å². The Labute approximate surface area is 164 Å². The summed E-state index contributed by atoms with van der Waals surface area (Å²) in [5.41, 5.74) is 2.80. The number of ether oxygens (including phenoxy) is 1. The van der Waals surface area contributed by atoms with Crippen molar-refractivity contribution < 1.29 is 14.3 Å². The fourth-order valence-corrected chi connectivity index (χ4v) is 2.77. The van der Waals surface area contributed by atoms with Gasteiger partial charge in [0, 0.05) is 6.08 Å². The average Bonchev–Trinajstić information content (AvgIpc) is 2.76. The predicted octanol–water partition coefficient (Wildman–Crippen LogP) is 4.15. The Bertz CT molecular complexity index is 882. The van der Waals surface area contributed by atoms with Crippen molar-refractivity contribution in [3.8, 4) is 0 Å². The van der Waals surface area contributed by atoms with Crippen LogP contribution in [0.3, 0.4) is 0 Å². The molecule has 0 aromatic heterocycles. The van der Waals surface area contributed by atoms with E-state index in [1.807, 2.05) is 91.0 Å². The topological polar surface area (TPSA) is 55.4 Å². The molecule has 1 N–H and O–H groups in total. The summed E-state index contributed by atoms with van der Waals surface area (Å²) in [7, 11) is 0. The van der Waals surface area contributed by atoms with E-state index in [2.05, 4.69) is 5.32 Å². The molecule has 0 spiro atoms. The van der Waals surface area contributed by atoms with Gasteiger partial charge in [-0.2, -0.15) is 0 Å². The molecule has 0 atom stereocenters. The van der Waals surface area contributed by atoms with Gasteiger partial charge in [-0.3, -0.25) is 4.79 Å². The van der Waals surface area contributed by atoms with Crippen LogP contribution in [0.4, 0.5) is 0 Å². The molecule has 4 nitrogen and oxygen atoms in total. The Morgan fingerprint density at radius 2 is 1.29 bits per heavy atom. The third-order valence-corrected chi connectivity index (χ3v) is 4.13. The van der Waals surface area contributed by atoms with Gasteiger partial charge in [0.05, 0.1) is 6.04 Å². The molecule has 0 radical (unpaired) electrons. The van der Waals surface area contributed by atoms with Crippen LogP contribution < -0.4 is 5.32 Å². The second-order valence-corrected chi connectivity index (χ2v) is 6.17. The van der Waals surface area contributed by atoms with Crippen LogP contribution in [-0.2, 0) is 14.3 Å². The number of esters is 1. The van der Waals surface area contributed by atoms with Crippen LogP contribution in [0.1, 0.15) is 22.7 Å². The van der Waals surface area contributed by atoms with E-state index in [1.165, 1.54) is 6.08 Å². The van der Waals surface area contributed by atoms with Crippen LogP contribution in [0, 0.1) is 0 Å². The first kappa shape index (κ1) is 19.1. The summed E-state index contributed by atoms with van der Waals surface area (Å²) in [5.74, 6) is -0.922. The van der Waals surface area contributed by atoms with E-state index in [0.29, 0.717) is 0 Å². The number of hydrogen-bond acceptors (Lipinski definition) is 3.